The smallest absolute Gasteiger partial charge is 0.261 e. The molecule has 0 radical (unpaired) electrons. The molecule has 1 aliphatic heterocycles. The lowest BCUT2D eigenvalue weighted by molar-refractivity contribution is 0.0604. The van der Waals surface area contributed by atoms with Crippen molar-refractivity contribution in [3.63, 3.8) is 0 Å². The van der Waals surface area contributed by atoms with E-state index in [-0.39, 0.29) is 11.8 Å². The Labute approximate surface area is 160 Å². The summed E-state index contributed by atoms with van der Waals surface area (Å²) < 4.78 is 5.46. The van der Waals surface area contributed by atoms with Gasteiger partial charge in [-0.05, 0) is 37.5 Å². The Hall–Kier alpha value is -2.40. The number of imide groups is 1. The van der Waals surface area contributed by atoms with E-state index in [2.05, 4.69) is 18.7 Å². The summed E-state index contributed by atoms with van der Waals surface area (Å²) in [7, 11) is 2.00. The minimum atomic E-state index is -0.187. The third-order valence-electron chi connectivity index (χ3n) is 5.09. The molecule has 0 unspecified atom stereocenters. The summed E-state index contributed by atoms with van der Waals surface area (Å²) in [6.45, 7) is 8.69. The van der Waals surface area contributed by atoms with Crippen LogP contribution < -0.4 is 4.90 Å². The molecule has 1 aliphatic rings. The summed E-state index contributed by atoms with van der Waals surface area (Å²) in [6.07, 6.45) is 0.807. The quantitative estimate of drug-likeness (QED) is 0.523. The van der Waals surface area contributed by atoms with E-state index in [4.69, 9.17) is 4.74 Å². The fraction of sp³-hybridized carbons (Fsp3) is 0.455. The maximum atomic E-state index is 13.0. The molecule has 3 rings (SSSR count). The van der Waals surface area contributed by atoms with E-state index >= 15 is 0 Å². The molecule has 0 spiro atoms. The summed E-state index contributed by atoms with van der Waals surface area (Å²) in [6, 6.07) is 9.54. The van der Waals surface area contributed by atoms with Gasteiger partial charge in [-0.2, -0.15) is 0 Å². The number of amides is 2. The molecule has 0 N–H and O–H groups in total. The molecule has 0 saturated carbocycles. The SMILES string of the molecule is CCOCCN(C)c1ccc2c3c(cccc13)C(=O)N(CCC(C)C)C2=O. The Morgan fingerprint density at radius 2 is 1.78 bits per heavy atom. The maximum Gasteiger partial charge on any atom is 0.261 e. The van der Waals surface area contributed by atoms with Crippen molar-refractivity contribution in [1.29, 1.82) is 0 Å². The van der Waals surface area contributed by atoms with Crippen molar-refractivity contribution in [2.75, 3.05) is 38.3 Å². The summed E-state index contributed by atoms with van der Waals surface area (Å²) in [5.41, 5.74) is 2.24. The highest BCUT2D eigenvalue weighted by atomic mass is 16.5. The molecule has 0 saturated heterocycles. The minimum Gasteiger partial charge on any atom is -0.380 e. The molecule has 2 aromatic rings. The third-order valence-corrected chi connectivity index (χ3v) is 5.09. The molecule has 144 valence electrons. The van der Waals surface area contributed by atoms with Crippen molar-refractivity contribution in [3.8, 4) is 0 Å². The van der Waals surface area contributed by atoms with E-state index in [1.807, 2.05) is 44.3 Å². The molecule has 0 bridgehead atoms. The number of carbonyl (C=O) groups excluding carboxylic acids is 2. The molecule has 5 nitrogen and oxygen atoms in total. The van der Waals surface area contributed by atoms with Crippen molar-refractivity contribution >= 4 is 28.3 Å². The van der Waals surface area contributed by atoms with E-state index in [1.165, 1.54) is 4.90 Å². The molecule has 0 fully saturated rings. The van der Waals surface area contributed by atoms with Crippen molar-refractivity contribution in [2.24, 2.45) is 5.92 Å². The van der Waals surface area contributed by atoms with E-state index in [0.717, 1.165) is 29.4 Å². The summed E-state index contributed by atoms with van der Waals surface area (Å²) in [5, 5.41) is 1.71. The van der Waals surface area contributed by atoms with Crippen LogP contribution in [0, 0.1) is 5.92 Å². The van der Waals surface area contributed by atoms with Crippen LogP contribution in [0.5, 0.6) is 0 Å². The first-order chi connectivity index (χ1) is 13.0. The molecule has 27 heavy (non-hydrogen) atoms. The zero-order valence-corrected chi connectivity index (χ0v) is 16.6. The molecule has 1 heterocycles. The largest absolute Gasteiger partial charge is 0.380 e. The first kappa shape index (κ1) is 19.4. The fourth-order valence-electron chi connectivity index (χ4n) is 3.52. The van der Waals surface area contributed by atoms with Crippen LogP contribution in [-0.4, -0.2) is 50.1 Å². The summed E-state index contributed by atoms with van der Waals surface area (Å²) in [5.74, 6) is 0.0601. The second kappa shape index (κ2) is 8.09. The first-order valence-electron chi connectivity index (χ1n) is 9.66. The Morgan fingerprint density at radius 3 is 2.44 bits per heavy atom. The van der Waals surface area contributed by atoms with Gasteiger partial charge in [0.2, 0.25) is 0 Å². The number of hydrogen-bond acceptors (Lipinski definition) is 4. The number of likely N-dealkylation sites (N-methyl/N-ethyl adjacent to an activating group) is 1. The van der Waals surface area contributed by atoms with Crippen LogP contribution in [0.3, 0.4) is 0 Å². The van der Waals surface area contributed by atoms with Crippen molar-refractivity contribution < 1.29 is 14.3 Å². The van der Waals surface area contributed by atoms with E-state index in [1.54, 1.807) is 0 Å². The highest BCUT2D eigenvalue weighted by Crippen LogP contribution is 2.35. The van der Waals surface area contributed by atoms with Gasteiger partial charge < -0.3 is 9.64 Å². The van der Waals surface area contributed by atoms with E-state index < -0.39 is 0 Å². The summed E-state index contributed by atoms with van der Waals surface area (Å²) in [4.78, 5) is 29.5. The van der Waals surface area contributed by atoms with Gasteiger partial charge in [-0.1, -0.05) is 26.0 Å². The van der Waals surface area contributed by atoms with Gasteiger partial charge in [-0.15, -0.1) is 0 Å². The minimum absolute atomic E-state index is 0.187. The van der Waals surface area contributed by atoms with Gasteiger partial charge >= 0.3 is 0 Å². The Morgan fingerprint density at radius 1 is 1.07 bits per heavy atom. The lowest BCUT2D eigenvalue weighted by atomic mass is 9.92. The van der Waals surface area contributed by atoms with Gasteiger partial charge in [0.1, 0.15) is 0 Å². The molecule has 2 aromatic carbocycles. The molecule has 0 aliphatic carbocycles. The highest BCUT2D eigenvalue weighted by Gasteiger charge is 2.33. The molecule has 0 atom stereocenters. The number of benzene rings is 2. The van der Waals surface area contributed by atoms with Gasteiger partial charge in [-0.25, -0.2) is 0 Å². The number of nitrogens with zero attached hydrogens (tertiary/aromatic N) is 2. The zero-order valence-electron chi connectivity index (χ0n) is 16.6. The van der Waals surface area contributed by atoms with Crippen molar-refractivity contribution in [1.82, 2.24) is 4.90 Å². The predicted octanol–water partition coefficient (Wildman–Crippen LogP) is 3.95. The predicted molar refractivity (Wildman–Crippen MR) is 109 cm³/mol. The zero-order chi connectivity index (χ0) is 19.6. The Balaban J connectivity index is 2.01. The molecular weight excluding hydrogens is 340 g/mol. The third kappa shape index (κ3) is 3.69. The van der Waals surface area contributed by atoms with Crippen LogP contribution in [0.4, 0.5) is 5.69 Å². The Bertz CT molecular complexity index is 838. The molecule has 5 heteroatoms. The number of anilines is 1. The molecular formula is C22H28N2O3. The monoisotopic (exact) mass is 368 g/mol. The average Bonchev–Trinajstić information content (AvgIpc) is 2.65. The standard InChI is InChI=1S/C22H28N2O3/c1-5-27-14-13-23(4)19-10-9-18-20-16(19)7-6-8-17(20)21(25)24(22(18)26)12-11-15(2)3/h6-10,15H,5,11-14H2,1-4H3. The van der Waals surface area contributed by atoms with E-state index in [0.29, 0.717) is 36.8 Å². The molecule has 2 amide bonds. The van der Waals surface area contributed by atoms with Crippen molar-refractivity contribution in [3.05, 3.63) is 41.5 Å². The average molecular weight is 368 g/mol. The maximum absolute atomic E-state index is 13.0. The van der Waals surface area contributed by atoms with Crippen LogP contribution in [-0.2, 0) is 4.74 Å². The topological polar surface area (TPSA) is 49.9 Å². The van der Waals surface area contributed by atoms with Crippen LogP contribution in [0.1, 0.15) is 47.9 Å². The second-order valence-electron chi connectivity index (χ2n) is 7.42. The van der Waals surface area contributed by atoms with Gasteiger partial charge in [0.15, 0.2) is 0 Å². The van der Waals surface area contributed by atoms with Crippen LogP contribution in [0.2, 0.25) is 0 Å². The van der Waals surface area contributed by atoms with Gasteiger partial charge in [-0.3, -0.25) is 14.5 Å². The lowest BCUT2D eigenvalue weighted by Crippen LogP contribution is -2.41. The summed E-state index contributed by atoms with van der Waals surface area (Å²) >= 11 is 0. The molecule has 0 aromatic heterocycles. The second-order valence-corrected chi connectivity index (χ2v) is 7.42. The fourth-order valence-corrected chi connectivity index (χ4v) is 3.52. The van der Waals surface area contributed by atoms with Crippen LogP contribution in [0.25, 0.3) is 10.8 Å². The number of ether oxygens (including phenoxy) is 1. The van der Waals surface area contributed by atoms with Gasteiger partial charge in [0.05, 0.1) is 6.61 Å². The van der Waals surface area contributed by atoms with Crippen LogP contribution in [0.15, 0.2) is 30.3 Å². The number of carbonyl (C=O) groups is 2. The normalized spacial score (nSPS) is 13.7. The lowest BCUT2D eigenvalue weighted by Gasteiger charge is -2.29. The number of hydrogen-bond donors (Lipinski definition) is 0. The highest BCUT2D eigenvalue weighted by molar-refractivity contribution is 6.26. The first-order valence-corrected chi connectivity index (χ1v) is 9.66. The number of rotatable bonds is 8. The van der Waals surface area contributed by atoms with Crippen molar-refractivity contribution in [2.45, 2.75) is 27.2 Å². The van der Waals surface area contributed by atoms with Gasteiger partial charge in [0, 0.05) is 54.3 Å². The Kier molecular flexibility index (Phi) is 5.80. The van der Waals surface area contributed by atoms with Gasteiger partial charge in [0.25, 0.3) is 11.8 Å². The van der Waals surface area contributed by atoms with E-state index in [9.17, 15) is 9.59 Å². The van der Waals surface area contributed by atoms with Crippen LogP contribution >= 0.6 is 0 Å².